The molecule has 0 aliphatic heterocycles. The molecule has 1 heterocycles. The van der Waals surface area contributed by atoms with Crippen LogP contribution in [0, 0.1) is 6.92 Å². The Kier molecular flexibility index (Phi) is 6.21. The third-order valence-corrected chi connectivity index (χ3v) is 5.12. The summed E-state index contributed by atoms with van der Waals surface area (Å²) < 4.78 is 0. The largest absolute Gasteiger partial charge is 0.325 e. The number of aryl methyl sites for hydroxylation is 1. The Morgan fingerprint density at radius 3 is 2.59 bits per heavy atom. The Labute approximate surface area is 166 Å². The third-order valence-electron chi connectivity index (χ3n) is 4.03. The van der Waals surface area contributed by atoms with Crippen LogP contribution in [0.25, 0.3) is 0 Å². The lowest BCUT2D eigenvalue weighted by Gasteiger charge is -2.17. The number of hydrogen-bond donors (Lipinski definition) is 2. The molecule has 0 aliphatic carbocycles. The zero-order chi connectivity index (χ0) is 19.2. The molecular weight excluding hydrogens is 382 g/mol. The second-order valence-corrected chi connectivity index (χ2v) is 7.31. The van der Waals surface area contributed by atoms with E-state index in [1.165, 1.54) is 11.3 Å². The summed E-state index contributed by atoms with van der Waals surface area (Å²) in [6.07, 6.45) is 1.62. The van der Waals surface area contributed by atoms with Gasteiger partial charge in [-0.25, -0.2) is 4.98 Å². The van der Waals surface area contributed by atoms with Crippen molar-refractivity contribution in [2.24, 2.45) is 0 Å². The number of carbonyl (C=O) groups is 2. The molecule has 0 spiro atoms. The van der Waals surface area contributed by atoms with Crippen LogP contribution < -0.4 is 10.6 Å². The molecule has 2 N–H and O–H groups in total. The van der Waals surface area contributed by atoms with E-state index in [0.717, 1.165) is 11.1 Å². The number of carbonyl (C=O) groups excluding carboxylic acids is 2. The van der Waals surface area contributed by atoms with Crippen LogP contribution >= 0.6 is 22.9 Å². The molecule has 1 aromatic heterocycles. The van der Waals surface area contributed by atoms with Gasteiger partial charge in [-0.15, -0.1) is 11.3 Å². The van der Waals surface area contributed by atoms with Gasteiger partial charge >= 0.3 is 0 Å². The maximum absolute atomic E-state index is 12.9. The smallest absolute Gasteiger partial charge is 0.232 e. The van der Waals surface area contributed by atoms with E-state index in [4.69, 9.17) is 11.6 Å². The standard InChI is InChI=1S/C20H18ClN3O2S/c1-13-7-8-15(11-17(13)21)23-19(26)16(14-5-3-2-4-6-14)12-18(25)24-20-22-9-10-27-20/h2-11,16H,12H2,1H3,(H,23,26)(H,22,24,25). The van der Waals surface area contributed by atoms with E-state index in [9.17, 15) is 9.59 Å². The molecule has 1 unspecified atom stereocenters. The van der Waals surface area contributed by atoms with E-state index < -0.39 is 5.92 Å². The van der Waals surface area contributed by atoms with Gasteiger partial charge < -0.3 is 10.6 Å². The number of hydrogen-bond acceptors (Lipinski definition) is 4. The minimum absolute atomic E-state index is 0.00895. The molecule has 3 aromatic rings. The molecule has 0 bridgehead atoms. The number of thiazole rings is 1. The van der Waals surface area contributed by atoms with E-state index in [2.05, 4.69) is 15.6 Å². The second kappa shape index (κ2) is 8.79. The molecule has 2 amide bonds. The fraction of sp³-hybridized carbons (Fsp3) is 0.150. The molecular formula is C20H18ClN3O2S. The molecule has 7 heteroatoms. The molecule has 0 fully saturated rings. The number of nitrogens with zero attached hydrogens (tertiary/aromatic N) is 1. The average Bonchev–Trinajstić information content (AvgIpc) is 3.16. The summed E-state index contributed by atoms with van der Waals surface area (Å²) in [6, 6.07) is 14.6. The third kappa shape index (κ3) is 5.15. The number of nitrogens with one attached hydrogen (secondary N) is 2. The summed E-state index contributed by atoms with van der Waals surface area (Å²) in [6.45, 7) is 1.89. The Bertz CT molecular complexity index is 930. The van der Waals surface area contributed by atoms with Crippen molar-refractivity contribution < 1.29 is 9.59 Å². The van der Waals surface area contributed by atoms with Gasteiger partial charge in [-0.05, 0) is 30.2 Å². The molecule has 5 nitrogen and oxygen atoms in total. The van der Waals surface area contributed by atoms with Crippen molar-refractivity contribution in [3.8, 4) is 0 Å². The van der Waals surface area contributed by atoms with Crippen LogP contribution in [0.5, 0.6) is 0 Å². The normalized spacial score (nSPS) is 11.6. The van der Waals surface area contributed by atoms with E-state index in [1.54, 1.807) is 23.7 Å². The highest BCUT2D eigenvalue weighted by molar-refractivity contribution is 7.13. The summed E-state index contributed by atoms with van der Waals surface area (Å²) in [5.41, 5.74) is 2.29. The van der Waals surface area contributed by atoms with Crippen LogP contribution in [0.4, 0.5) is 10.8 Å². The Balaban J connectivity index is 1.77. The van der Waals surface area contributed by atoms with Crippen LogP contribution in [0.15, 0.2) is 60.1 Å². The van der Waals surface area contributed by atoms with Crippen molar-refractivity contribution in [3.63, 3.8) is 0 Å². The molecule has 0 saturated heterocycles. The van der Waals surface area contributed by atoms with Crippen molar-refractivity contribution >= 4 is 45.6 Å². The summed E-state index contributed by atoms with van der Waals surface area (Å²) in [4.78, 5) is 29.3. The zero-order valence-electron chi connectivity index (χ0n) is 14.6. The van der Waals surface area contributed by atoms with Crippen LogP contribution in [-0.2, 0) is 9.59 Å². The van der Waals surface area contributed by atoms with E-state index in [0.29, 0.717) is 15.8 Å². The van der Waals surface area contributed by atoms with Crippen molar-refractivity contribution in [2.45, 2.75) is 19.3 Å². The highest BCUT2D eigenvalue weighted by Crippen LogP contribution is 2.25. The fourth-order valence-electron chi connectivity index (χ4n) is 2.59. The molecule has 2 aromatic carbocycles. The molecule has 0 aliphatic rings. The molecule has 0 saturated carbocycles. The van der Waals surface area contributed by atoms with Crippen molar-refractivity contribution in [1.82, 2.24) is 4.98 Å². The van der Waals surface area contributed by atoms with E-state index >= 15 is 0 Å². The van der Waals surface area contributed by atoms with Gasteiger partial charge in [0.05, 0.1) is 5.92 Å². The monoisotopic (exact) mass is 399 g/mol. The minimum atomic E-state index is -0.633. The number of anilines is 2. The maximum atomic E-state index is 12.9. The summed E-state index contributed by atoms with van der Waals surface area (Å²) >= 11 is 7.47. The molecule has 0 radical (unpaired) electrons. The number of rotatable bonds is 6. The molecule has 138 valence electrons. The van der Waals surface area contributed by atoms with Gasteiger partial charge in [0.1, 0.15) is 0 Å². The minimum Gasteiger partial charge on any atom is -0.325 e. The van der Waals surface area contributed by atoms with Gasteiger partial charge in [0.25, 0.3) is 0 Å². The molecule has 27 heavy (non-hydrogen) atoms. The first-order chi connectivity index (χ1) is 13.0. The lowest BCUT2D eigenvalue weighted by Crippen LogP contribution is -2.26. The highest BCUT2D eigenvalue weighted by Gasteiger charge is 2.24. The second-order valence-electron chi connectivity index (χ2n) is 6.01. The lowest BCUT2D eigenvalue weighted by atomic mass is 9.94. The van der Waals surface area contributed by atoms with Crippen molar-refractivity contribution in [1.29, 1.82) is 0 Å². The number of halogens is 1. The molecule has 1 atom stereocenters. The van der Waals surface area contributed by atoms with Crippen LogP contribution in [0.2, 0.25) is 5.02 Å². The van der Waals surface area contributed by atoms with Crippen molar-refractivity contribution in [2.75, 3.05) is 10.6 Å². The van der Waals surface area contributed by atoms with Gasteiger partial charge in [-0.2, -0.15) is 0 Å². The number of aromatic nitrogens is 1. The highest BCUT2D eigenvalue weighted by atomic mass is 35.5. The van der Waals surface area contributed by atoms with Crippen LogP contribution in [0.3, 0.4) is 0 Å². The average molecular weight is 400 g/mol. The topological polar surface area (TPSA) is 71.1 Å². The first kappa shape index (κ1) is 19.1. The molecule has 3 rings (SSSR count). The Hall–Kier alpha value is -2.70. The Morgan fingerprint density at radius 1 is 1.15 bits per heavy atom. The fourth-order valence-corrected chi connectivity index (χ4v) is 3.31. The summed E-state index contributed by atoms with van der Waals surface area (Å²) in [5.74, 6) is -1.17. The van der Waals surface area contributed by atoms with Crippen LogP contribution in [0.1, 0.15) is 23.5 Å². The first-order valence-corrected chi connectivity index (χ1v) is 9.60. The van der Waals surface area contributed by atoms with Gasteiger partial charge in [-0.3, -0.25) is 9.59 Å². The quantitative estimate of drug-likeness (QED) is 0.622. The number of benzene rings is 2. The predicted molar refractivity (Wildman–Crippen MR) is 109 cm³/mol. The predicted octanol–water partition coefficient (Wildman–Crippen LogP) is 4.86. The zero-order valence-corrected chi connectivity index (χ0v) is 16.2. The number of amides is 2. The summed E-state index contributed by atoms with van der Waals surface area (Å²) in [7, 11) is 0. The maximum Gasteiger partial charge on any atom is 0.232 e. The Morgan fingerprint density at radius 2 is 1.93 bits per heavy atom. The van der Waals surface area contributed by atoms with Gasteiger partial charge in [-0.1, -0.05) is 48.0 Å². The first-order valence-electron chi connectivity index (χ1n) is 8.34. The van der Waals surface area contributed by atoms with Gasteiger partial charge in [0.2, 0.25) is 11.8 Å². The van der Waals surface area contributed by atoms with Crippen molar-refractivity contribution in [3.05, 3.63) is 76.3 Å². The lowest BCUT2D eigenvalue weighted by molar-refractivity contribution is -0.122. The van der Waals surface area contributed by atoms with E-state index in [-0.39, 0.29) is 18.2 Å². The van der Waals surface area contributed by atoms with E-state index in [1.807, 2.05) is 43.3 Å². The van der Waals surface area contributed by atoms with Gasteiger partial charge in [0, 0.05) is 28.7 Å². The van der Waals surface area contributed by atoms with Crippen LogP contribution in [-0.4, -0.2) is 16.8 Å². The SMILES string of the molecule is Cc1ccc(NC(=O)C(CC(=O)Nc2nccs2)c2ccccc2)cc1Cl. The summed E-state index contributed by atoms with van der Waals surface area (Å²) in [5, 5.41) is 8.44. The van der Waals surface area contributed by atoms with Gasteiger partial charge in [0.15, 0.2) is 5.13 Å².